The Morgan fingerprint density at radius 2 is 2.06 bits per heavy atom. The molecule has 0 aromatic heterocycles. The van der Waals surface area contributed by atoms with Crippen molar-refractivity contribution in [2.45, 2.75) is 33.8 Å². The molecule has 4 heteroatoms. The van der Waals surface area contributed by atoms with E-state index in [-0.39, 0.29) is 5.91 Å². The fourth-order valence-corrected chi connectivity index (χ4v) is 1.66. The van der Waals surface area contributed by atoms with Crippen molar-refractivity contribution < 1.29 is 9.53 Å². The Labute approximate surface area is 113 Å². The van der Waals surface area contributed by atoms with Crippen LogP contribution in [-0.2, 0) is 4.79 Å². The SMILES string of the molecule is Cc1cc(Cl)ccc1OC(C)C(=O)NCC(C)C. The fraction of sp³-hybridized carbons (Fsp3) is 0.500. The zero-order valence-corrected chi connectivity index (χ0v) is 12.0. The van der Waals surface area contributed by atoms with Gasteiger partial charge >= 0.3 is 0 Å². The maximum Gasteiger partial charge on any atom is 0.260 e. The molecule has 1 unspecified atom stereocenters. The number of rotatable bonds is 5. The first-order valence-electron chi connectivity index (χ1n) is 6.10. The van der Waals surface area contributed by atoms with Gasteiger partial charge in [0.2, 0.25) is 0 Å². The van der Waals surface area contributed by atoms with Crippen LogP contribution in [0.15, 0.2) is 18.2 Å². The van der Waals surface area contributed by atoms with E-state index in [1.165, 1.54) is 0 Å². The average Bonchev–Trinajstić information content (AvgIpc) is 2.29. The summed E-state index contributed by atoms with van der Waals surface area (Å²) in [6, 6.07) is 5.35. The summed E-state index contributed by atoms with van der Waals surface area (Å²) in [5.74, 6) is 1.02. The molecule has 0 aliphatic carbocycles. The summed E-state index contributed by atoms with van der Waals surface area (Å²) in [7, 11) is 0. The normalized spacial score (nSPS) is 12.3. The lowest BCUT2D eigenvalue weighted by molar-refractivity contribution is -0.127. The second kappa shape index (κ2) is 6.64. The molecular weight excluding hydrogens is 250 g/mol. The molecule has 3 nitrogen and oxygen atoms in total. The minimum absolute atomic E-state index is 0.0990. The molecule has 0 heterocycles. The minimum atomic E-state index is -0.511. The molecule has 1 amide bonds. The highest BCUT2D eigenvalue weighted by atomic mass is 35.5. The number of aryl methyl sites for hydroxylation is 1. The molecular formula is C14H20ClNO2. The third-order valence-corrected chi connectivity index (χ3v) is 2.73. The summed E-state index contributed by atoms with van der Waals surface area (Å²) in [6.45, 7) is 8.40. The van der Waals surface area contributed by atoms with Crippen LogP contribution in [0.3, 0.4) is 0 Å². The summed E-state index contributed by atoms with van der Waals surface area (Å²) in [6.07, 6.45) is -0.511. The maximum absolute atomic E-state index is 11.8. The van der Waals surface area contributed by atoms with Crippen molar-refractivity contribution in [1.82, 2.24) is 5.32 Å². The molecule has 0 spiro atoms. The Balaban J connectivity index is 2.58. The van der Waals surface area contributed by atoms with Crippen molar-refractivity contribution in [1.29, 1.82) is 0 Å². The van der Waals surface area contributed by atoms with E-state index in [4.69, 9.17) is 16.3 Å². The Morgan fingerprint density at radius 3 is 2.61 bits per heavy atom. The van der Waals surface area contributed by atoms with Crippen molar-refractivity contribution in [3.63, 3.8) is 0 Å². The van der Waals surface area contributed by atoms with E-state index in [1.54, 1.807) is 19.1 Å². The lowest BCUT2D eigenvalue weighted by Crippen LogP contribution is -2.38. The van der Waals surface area contributed by atoms with Crippen LogP contribution in [0.25, 0.3) is 0 Å². The van der Waals surface area contributed by atoms with E-state index in [0.717, 1.165) is 5.56 Å². The summed E-state index contributed by atoms with van der Waals surface area (Å²) in [4.78, 5) is 11.8. The van der Waals surface area contributed by atoms with E-state index in [1.807, 2.05) is 13.0 Å². The number of carbonyl (C=O) groups is 1. The van der Waals surface area contributed by atoms with E-state index in [0.29, 0.717) is 23.2 Å². The Bertz CT molecular complexity index is 418. The van der Waals surface area contributed by atoms with E-state index >= 15 is 0 Å². The molecule has 0 aliphatic rings. The quantitative estimate of drug-likeness (QED) is 0.892. The Kier molecular flexibility index (Phi) is 5.48. The summed E-state index contributed by atoms with van der Waals surface area (Å²) in [5, 5.41) is 3.51. The molecule has 1 atom stereocenters. The van der Waals surface area contributed by atoms with Crippen LogP contribution in [0, 0.1) is 12.8 Å². The lowest BCUT2D eigenvalue weighted by atomic mass is 10.2. The zero-order chi connectivity index (χ0) is 13.7. The predicted molar refractivity (Wildman–Crippen MR) is 74.1 cm³/mol. The predicted octanol–water partition coefficient (Wildman–Crippen LogP) is 3.19. The van der Waals surface area contributed by atoms with Crippen LogP contribution in [0.4, 0.5) is 0 Å². The zero-order valence-electron chi connectivity index (χ0n) is 11.3. The number of nitrogens with one attached hydrogen (secondary N) is 1. The van der Waals surface area contributed by atoms with Gasteiger partial charge in [-0.15, -0.1) is 0 Å². The first-order chi connectivity index (χ1) is 8.40. The molecule has 1 aromatic rings. The third-order valence-electron chi connectivity index (χ3n) is 2.49. The van der Waals surface area contributed by atoms with Crippen LogP contribution in [-0.4, -0.2) is 18.6 Å². The minimum Gasteiger partial charge on any atom is -0.481 e. The smallest absolute Gasteiger partial charge is 0.260 e. The molecule has 1 aromatic carbocycles. The van der Waals surface area contributed by atoms with Crippen molar-refractivity contribution >= 4 is 17.5 Å². The van der Waals surface area contributed by atoms with Gasteiger partial charge in [0.1, 0.15) is 5.75 Å². The number of amides is 1. The highest BCUT2D eigenvalue weighted by molar-refractivity contribution is 6.30. The molecule has 18 heavy (non-hydrogen) atoms. The number of hydrogen-bond acceptors (Lipinski definition) is 2. The maximum atomic E-state index is 11.8. The van der Waals surface area contributed by atoms with Gasteiger partial charge in [-0.2, -0.15) is 0 Å². The standard InChI is InChI=1S/C14H20ClNO2/c1-9(2)8-16-14(17)11(4)18-13-6-5-12(15)7-10(13)3/h5-7,9,11H,8H2,1-4H3,(H,16,17). The molecule has 1 N–H and O–H groups in total. The first-order valence-corrected chi connectivity index (χ1v) is 6.48. The van der Waals surface area contributed by atoms with Gasteiger partial charge in [-0.1, -0.05) is 25.4 Å². The van der Waals surface area contributed by atoms with E-state index < -0.39 is 6.10 Å². The highest BCUT2D eigenvalue weighted by Gasteiger charge is 2.15. The van der Waals surface area contributed by atoms with Gasteiger partial charge in [0.05, 0.1) is 0 Å². The number of benzene rings is 1. The number of halogens is 1. The molecule has 0 aliphatic heterocycles. The second-order valence-corrected chi connectivity index (χ2v) is 5.25. The lowest BCUT2D eigenvalue weighted by Gasteiger charge is -2.17. The van der Waals surface area contributed by atoms with Gasteiger partial charge in [0, 0.05) is 11.6 Å². The van der Waals surface area contributed by atoms with E-state index in [9.17, 15) is 4.79 Å². The summed E-state index contributed by atoms with van der Waals surface area (Å²) < 4.78 is 5.62. The second-order valence-electron chi connectivity index (χ2n) is 4.81. The molecule has 0 radical (unpaired) electrons. The van der Waals surface area contributed by atoms with Crippen LogP contribution >= 0.6 is 11.6 Å². The third kappa shape index (κ3) is 4.57. The van der Waals surface area contributed by atoms with Crippen LogP contribution in [0.1, 0.15) is 26.3 Å². The topological polar surface area (TPSA) is 38.3 Å². The van der Waals surface area contributed by atoms with Crippen LogP contribution < -0.4 is 10.1 Å². The van der Waals surface area contributed by atoms with Crippen molar-refractivity contribution in [3.05, 3.63) is 28.8 Å². The summed E-state index contributed by atoms with van der Waals surface area (Å²) in [5.41, 5.74) is 0.922. The number of carbonyl (C=O) groups excluding carboxylic acids is 1. The van der Waals surface area contributed by atoms with Gasteiger partial charge < -0.3 is 10.1 Å². The highest BCUT2D eigenvalue weighted by Crippen LogP contribution is 2.22. The molecule has 0 bridgehead atoms. The van der Waals surface area contributed by atoms with Gasteiger partial charge in [0.25, 0.3) is 5.91 Å². The Morgan fingerprint density at radius 1 is 1.39 bits per heavy atom. The fourth-order valence-electron chi connectivity index (χ4n) is 1.44. The molecule has 0 saturated carbocycles. The van der Waals surface area contributed by atoms with Gasteiger partial charge in [-0.25, -0.2) is 0 Å². The monoisotopic (exact) mass is 269 g/mol. The van der Waals surface area contributed by atoms with Gasteiger partial charge in [-0.3, -0.25) is 4.79 Å². The van der Waals surface area contributed by atoms with Gasteiger partial charge in [0.15, 0.2) is 6.10 Å². The van der Waals surface area contributed by atoms with Crippen molar-refractivity contribution in [2.75, 3.05) is 6.54 Å². The average molecular weight is 270 g/mol. The largest absolute Gasteiger partial charge is 0.481 e. The molecule has 1 rings (SSSR count). The first kappa shape index (κ1) is 14.8. The van der Waals surface area contributed by atoms with Gasteiger partial charge in [-0.05, 0) is 43.5 Å². The van der Waals surface area contributed by atoms with E-state index in [2.05, 4.69) is 19.2 Å². The molecule has 0 fully saturated rings. The number of hydrogen-bond donors (Lipinski definition) is 1. The molecule has 0 saturated heterocycles. The molecule has 100 valence electrons. The van der Waals surface area contributed by atoms with Crippen LogP contribution in [0.5, 0.6) is 5.75 Å². The Hall–Kier alpha value is -1.22. The summed E-state index contributed by atoms with van der Waals surface area (Å²) >= 11 is 5.87. The van der Waals surface area contributed by atoms with Crippen LogP contribution in [0.2, 0.25) is 5.02 Å². The van der Waals surface area contributed by atoms with Crippen molar-refractivity contribution in [2.24, 2.45) is 5.92 Å². The number of ether oxygens (including phenoxy) is 1. The van der Waals surface area contributed by atoms with Crippen molar-refractivity contribution in [3.8, 4) is 5.75 Å².